The second-order valence-electron chi connectivity index (χ2n) is 6.51. The molecule has 0 bridgehead atoms. The Bertz CT molecular complexity index is 980. The van der Waals surface area contributed by atoms with Gasteiger partial charge in [0.1, 0.15) is 0 Å². The van der Waals surface area contributed by atoms with Crippen molar-refractivity contribution < 1.29 is 9.59 Å². The molecule has 3 rings (SSSR count). The molecule has 0 spiro atoms. The largest absolute Gasteiger partial charge is 0.326 e. The number of carbonyl (C=O) groups excluding carboxylic acids is 2. The first-order valence-electron chi connectivity index (χ1n) is 8.88. The lowest BCUT2D eigenvalue weighted by Gasteiger charge is -2.11. The normalized spacial score (nSPS) is 10.7. The van der Waals surface area contributed by atoms with Gasteiger partial charge in [-0.1, -0.05) is 31.7 Å². The molecule has 28 heavy (non-hydrogen) atoms. The SMILES string of the molecule is CSc1nccn1-c1ccc(C(=O)Nc2cccc(NC(=O)C(C)C)c2)cc1. The van der Waals surface area contributed by atoms with Crippen LogP contribution in [0.5, 0.6) is 0 Å². The van der Waals surface area contributed by atoms with Crippen molar-refractivity contribution in [2.75, 3.05) is 16.9 Å². The van der Waals surface area contributed by atoms with Gasteiger partial charge in [-0.2, -0.15) is 0 Å². The van der Waals surface area contributed by atoms with E-state index in [0.717, 1.165) is 10.8 Å². The molecule has 0 radical (unpaired) electrons. The van der Waals surface area contributed by atoms with Gasteiger partial charge in [-0.05, 0) is 48.7 Å². The van der Waals surface area contributed by atoms with E-state index in [-0.39, 0.29) is 17.7 Å². The van der Waals surface area contributed by atoms with Crippen LogP contribution in [0.25, 0.3) is 5.69 Å². The summed E-state index contributed by atoms with van der Waals surface area (Å²) in [6, 6.07) is 14.4. The van der Waals surface area contributed by atoms with E-state index >= 15 is 0 Å². The van der Waals surface area contributed by atoms with Crippen LogP contribution in [-0.2, 0) is 4.79 Å². The topological polar surface area (TPSA) is 76.0 Å². The number of benzene rings is 2. The summed E-state index contributed by atoms with van der Waals surface area (Å²) >= 11 is 1.56. The molecule has 0 saturated heterocycles. The molecule has 3 aromatic rings. The van der Waals surface area contributed by atoms with Crippen LogP contribution in [-0.4, -0.2) is 27.6 Å². The number of thioether (sulfide) groups is 1. The van der Waals surface area contributed by atoms with Crippen molar-refractivity contribution >= 4 is 35.0 Å². The predicted octanol–water partition coefficient (Wildman–Crippen LogP) is 4.44. The number of amides is 2. The van der Waals surface area contributed by atoms with Crippen molar-refractivity contribution in [2.45, 2.75) is 19.0 Å². The summed E-state index contributed by atoms with van der Waals surface area (Å²) in [6.07, 6.45) is 5.60. The van der Waals surface area contributed by atoms with Gasteiger partial charge in [-0.15, -0.1) is 0 Å². The van der Waals surface area contributed by atoms with Gasteiger partial charge in [0.15, 0.2) is 5.16 Å². The Kier molecular flexibility index (Phi) is 6.16. The van der Waals surface area contributed by atoms with Gasteiger partial charge in [0.05, 0.1) is 0 Å². The summed E-state index contributed by atoms with van der Waals surface area (Å²) in [6.45, 7) is 3.66. The average Bonchev–Trinajstić information content (AvgIpc) is 3.17. The van der Waals surface area contributed by atoms with Gasteiger partial charge >= 0.3 is 0 Å². The van der Waals surface area contributed by atoms with Gasteiger partial charge in [0.2, 0.25) is 5.91 Å². The Hall–Kier alpha value is -3.06. The Morgan fingerprint density at radius 3 is 2.36 bits per heavy atom. The molecule has 0 unspecified atom stereocenters. The first-order valence-corrected chi connectivity index (χ1v) is 10.1. The van der Waals surface area contributed by atoms with Crippen LogP contribution in [0, 0.1) is 5.92 Å². The van der Waals surface area contributed by atoms with E-state index in [1.807, 2.05) is 43.0 Å². The zero-order chi connectivity index (χ0) is 20.1. The number of carbonyl (C=O) groups is 2. The minimum Gasteiger partial charge on any atom is -0.326 e. The molecule has 0 atom stereocenters. The first kappa shape index (κ1) is 19.7. The maximum atomic E-state index is 12.6. The third-order valence-electron chi connectivity index (χ3n) is 4.11. The molecule has 7 heteroatoms. The lowest BCUT2D eigenvalue weighted by Crippen LogP contribution is -2.18. The van der Waals surface area contributed by atoms with Crippen molar-refractivity contribution in [2.24, 2.45) is 5.92 Å². The van der Waals surface area contributed by atoms with Crippen LogP contribution >= 0.6 is 11.8 Å². The number of hydrogen-bond acceptors (Lipinski definition) is 4. The molecule has 0 aliphatic heterocycles. The number of aromatic nitrogens is 2. The van der Waals surface area contributed by atoms with Crippen LogP contribution < -0.4 is 10.6 Å². The molecule has 1 heterocycles. The summed E-state index contributed by atoms with van der Waals surface area (Å²) in [4.78, 5) is 28.7. The van der Waals surface area contributed by atoms with Gasteiger partial charge in [-0.25, -0.2) is 4.98 Å². The summed E-state index contributed by atoms with van der Waals surface area (Å²) in [5.74, 6) is -0.392. The molecule has 2 amide bonds. The Morgan fingerprint density at radius 1 is 1.04 bits per heavy atom. The highest BCUT2D eigenvalue weighted by Gasteiger charge is 2.10. The van der Waals surface area contributed by atoms with Gasteiger partial charge < -0.3 is 10.6 Å². The molecule has 2 aromatic carbocycles. The van der Waals surface area contributed by atoms with E-state index in [0.29, 0.717) is 16.9 Å². The number of nitrogens with one attached hydrogen (secondary N) is 2. The molecule has 144 valence electrons. The van der Waals surface area contributed by atoms with Crippen molar-refractivity contribution in [3.8, 4) is 5.69 Å². The number of hydrogen-bond donors (Lipinski definition) is 2. The fourth-order valence-corrected chi connectivity index (χ4v) is 3.10. The standard InChI is InChI=1S/C21H22N4O2S/c1-14(2)19(26)23-16-5-4-6-17(13-16)24-20(27)15-7-9-18(10-8-15)25-12-11-22-21(25)28-3/h4-14H,1-3H3,(H,23,26)(H,24,27). The molecule has 0 saturated carbocycles. The average molecular weight is 395 g/mol. The maximum absolute atomic E-state index is 12.6. The highest BCUT2D eigenvalue weighted by Crippen LogP contribution is 2.20. The van der Waals surface area contributed by atoms with Crippen LogP contribution in [0.2, 0.25) is 0 Å². The van der Waals surface area contributed by atoms with Gasteiger partial charge in [0, 0.05) is 40.9 Å². The van der Waals surface area contributed by atoms with Crippen LogP contribution in [0.4, 0.5) is 11.4 Å². The smallest absolute Gasteiger partial charge is 0.255 e. The van der Waals surface area contributed by atoms with Crippen molar-refractivity contribution in [3.63, 3.8) is 0 Å². The van der Waals surface area contributed by atoms with Crippen LogP contribution in [0.15, 0.2) is 66.1 Å². The van der Waals surface area contributed by atoms with Crippen molar-refractivity contribution in [3.05, 3.63) is 66.5 Å². The Morgan fingerprint density at radius 2 is 1.71 bits per heavy atom. The molecule has 6 nitrogen and oxygen atoms in total. The van der Waals surface area contributed by atoms with Gasteiger partial charge in [0.25, 0.3) is 5.91 Å². The zero-order valence-corrected chi connectivity index (χ0v) is 16.8. The molecular weight excluding hydrogens is 372 g/mol. The van der Waals surface area contributed by atoms with Gasteiger partial charge in [-0.3, -0.25) is 14.2 Å². The molecule has 1 aromatic heterocycles. The first-order chi connectivity index (χ1) is 13.5. The molecule has 0 aliphatic rings. The lowest BCUT2D eigenvalue weighted by atomic mass is 10.1. The van der Waals surface area contributed by atoms with Crippen LogP contribution in [0.3, 0.4) is 0 Å². The minimum absolute atomic E-state index is 0.0665. The summed E-state index contributed by atoms with van der Waals surface area (Å²) in [7, 11) is 0. The summed E-state index contributed by atoms with van der Waals surface area (Å²) < 4.78 is 1.97. The third-order valence-corrected chi connectivity index (χ3v) is 4.78. The monoisotopic (exact) mass is 394 g/mol. The summed E-state index contributed by atoms with van der Waals surface area (Å²) in [5, 5.41) is 6.58. The highest BCUT2D eigenvalue weighted by atomic mass is 32.2. The molecule has 2 N–H and O–H groups in total. The van der Waals surface area contributed by atoms with E-state index in [1.54, 1.807) is 54.4 Å². The molecular formula is C21H22N4O2S. The second-order valence-corrected chi connectivity index (χ2v) is 7.28. The molecule has 0 aliphatic carbocycles. The minimum atomic E-state index is -0.213. The lowest BCUT2D eigenvalue weighted by molar-refractivity contribution is -0.118. The van der Waals surface area contributed by atoms with E-state index in [9.17, 15) is 9.59 Å². The van der Waals surface area contributed by atoms with Crippen LogP contribution in [0.1, 0.15) is 24.2 Å². The Balaban J connectivity index is 1.70. The summed E-state index contributed by atoms with van der Waals surface area (Å²) in [5.41, 5.74) is 2.76. The fraction of sp³-hybridized carbons (Fsp3) is 0.190. The van der Waals surface area contributed by atoms with Crippen molar-refractivity contribution in [1.29, 1.82) is 0 Å². The fourth-order valence-electron chi connectivity index (χ4n) is 2.58. The van der Waals surface area contributed by atoms with E-state index < -0.39 is 0 Å². The maximum Gasteiger partial charge on any atom is 0.255 e. The number of nitrogens with zero attached hydrogens (tertiary/aromatic N) is 2. The van der Waals surface area contributed by atoms with E-state index in [1.165, 1.54) is 0 Å². The highest BCUT2D eigenvalue weighted by molar-refractivity contribution is 7.98. The second kappa shape index (κ2) is 8.75. The number of rotatable bonds is 6. The number of imidazole rings is 1. The number of anilines is 2. The van der Waals surface area contributed by atoms with Crippen molar-refractivity contribution in [1.82, 2.24) is 9.55 Å². The zero-order valence-electron chi connectivity index (χ0n) is 16.0. The quantitative estimate of drug-likeness (QED) is 0.606. The van der Waals surface area contributed by atoms with E-state index in [4.69, 9.17) is 0 Å². The molecule has 0 fully saturated rings. The van der Waals surface area contributed by atoms with E-state index in [2.05, 4.69) is 15.6 Å². The predicted molar refractivity (Wildman–Crippen MR) is 113 cm³/mol. The third kappa shape index (κ3) is 4.61. The Labute approximate surface area is 168 Å².